The van der Waals surface area contributed by atoms with Crippen molar-refractivity contribution < 1.29 is 9.53 Å². The summed E-state index contributed by atoms with van der Waals surface area (Å²) >= 11 is 1.60. The first kappa shape index (κ1) is 16.6. The SMILES string of the molecule is CCOc1ccc(CN(C)C(=O)c2cc(C)c(CC)s2)cc1. The normalized spacial score (nSPS) is 10.5. The van der Waals surface area contributed by atoms with Gasteiger partial charge in [-0.05, 0) is 49.6 Å². The van der Waals surface area contributed by atoms with Gasteiger partial charge >= 0.3 is 0 Å². The van der Waals surface area contributed by atoms with Crippen LogP contribution in [0.2, 0.25) is 0 Å². The summed E-state index contributed by atoms with van der Waals surface area (Å²) in [7, 11) is 1.85. The lowest BCUT2D eigenvalue weighted by atomic mass is 10.2. The van der Waals surface area contributed by atoms with Crippen LogP contribution in [0, 0.1) is 6.92 Å². The maximum absolute atomic E-state index is 12.5. The molecule has 0 N–H and O–H groups in total. The van der Waals surface area contributed by atoms with Crippen LogP contribution in [0.4, 0.5) is 0 Å². The highest BCUT2D eigenvalue weighted by Crippen LogP contribution is 2.24. The number of carbonyl (C=O) groups excluding carboxylic acids is 1. The highest BCUT2D eigenvalue weighted by atomic mass is 32.1. The zero-order valence-corrected chi connectivity index (χ0v) is 14.5. The van der Waals surface area contributed by atoms with Crippen molar-refractivity contribution in [1.29, 1.82) is 0 Å². The van der Waals surface area contributed by atoms with Gasteiger partial charge < -0.3 is 9.64 Å². The van der Waals surface area contributed by atoms with Crippen molar-refractivity contribution in [3.8, 4) is 5.75 Å². The fourth-order valence-electron chi connectivity index (χ4n) is 2.37. The van der Waals surface area contributed by atoms with Gasteiger partial charge in [0, 0.05) is 18.5 Å². The van der Waals surface area contributed by atoms with Crippen LogP contribution < -0.4 is 4.74 Å². The van der Waals surface area contributed by atoms with Crippen molar-refractivity contribution in [2.24, 2.45) is 0 Å². The Kier molecular flexibility index (Phi) is 5.61. The van der Waals surface area contributed by atoms with Crippen LogP contribution in [0.5, 0.6) is 5.75 Å². The number of carbonyl (C=O) groups is 1. The maximum Gasteiger partial charge on any atom is 0.263 e. The zero-order chi connectivity index (χ0) is 16.1. The summed E-state index contributed by atoms with van der Waals surface area (Å²) in [6, 6.07) is 9.90. The lowest BCUT2D eigenvalue weighted by Crippen LogP contribution is -2.25. The molecule has 118 valence electrons. The Morgan fingerprint density at radius 3 is 2.45 bits per heavy atom. The summed E-state index contributed by atoms with van der Waals surface area (Å²) in [5.41, 5.74) is 2.31. The summed E-state index contributed by atoms with van der Waals surface area (Å²) in [5, 5.41) is 0. The molecule has 1 aromatic heterocycles. The minimum Gasteiger partial charge on any atom is -0.494 e. The average molecular weight is 317 g/mol. The second-order valence-electron chi connectivity index (χ2n) is 5.31. The molecule has 0 bridgehead atoms. The molecule has 1 aromatic carbocycles. The molecule has 4 heteroatoms. The smallest absolute Gasteiger partial charge is 0.263 e. The van der Waals surface area contributed by atoms with Gasteiger partial charge in [0.15, 0.2) is 0 Å². The molecule has 0 unspecified atom stereocenters. The molecular formula is C18H23NO2S. The van der Waals surface area contributed by atoms with Crippen LogP contribution in [0.25, 0.3) is 0 Å². The molecule has 1 heterocycles. The summed E-state index contributed by atoms with van der Waals surface area (Å²) in [6.45, 7) is 7.42. The number of hydrogen-bond acceptors (Lipinski definition) is 3. The molecule has 0 radical (unpaired) electrons. The van der Waals surface area contributed by atoms with Gasteiger partial charge in [-0.25, -0.2) is 0 Å². The monoisotopic (exact) mass is 317 g/mol. The van der Waals surface area contributed by atoms with Crippen LogP contribution in [0.15, 0.2) is 30.3 Å². The van der Waals surface area contributed by atoms with E-state index in [9.17, 15) is 4.79 Å². The molecule has 2 aromatic rings. The number of hydrogen-bond donors (Lipinski definition) is 0. The Bertz CT molecular complexity index is 631. The van der Waals surface area contributed by atoms with E-state index in [-0.39, 0.29) is 5.91 Å². The number of nitrogens with zero attached hydrogens (tertiary/aromatic N) is 1. The van der Waals surface area contributed by atoms with Crippen LogP contribution >= 0.6 is 11.3 Å². The lowest BCUT2D eigenvalue weighted by Gasteiger charge is -2.16. The molecule has 1 amide bonds. The minimum atomic E-state index is 0.0849. The van der Waals surface area contributed by atoms with E-state index >= 15 is 0 Å². The van der Waals surface area contributed by atoms with E-state index in [1.54, 1.807) is 16.2 Å². The molecule has 3 nitrogen and oxygen atoms in total. The number of amides is 1. The molecule has 0 aliphatic carbocycles. The molecule has 0 spiro atoms. The Hall–Kier alpha value is -1.81. The van der Waals surface area contributed by atoms with E-state index in [1.807, 2.05) is 44.3 Å². The second kappa shape index (κ2) is 7.45. The van der Waals surface area contributed by atoms with Gasteiger partial charge in [-0.1, -0.05) is 19.1 Å². The van der Waals surface area contributed by atoms with E-state index in [2.05, 4.69) is 13.8 Å². The van der Waals surface area contributed by atoms with E-state index < -0.39 is 0 Å². The van der Waals surface area contributed by atoms with Crippen molar-refractivity contribution in [2.75, 3.05) is 13.7 Å². The van der Waals surface area contributed by atoms with Crippen molar-refractivity contribution in [2.45, 2.75) is 33.7 Å². The van der Waals surface area contributed by atoms with E-state index in [0.717, 1.165) is 22.6 Å². The van der Waals surface area contributed by atoms with E-state index in [4.69, 9.17) is 4.74 Å². The first-order valence-electron chi connectivity index (χ1n) is 7.61. The number of thiophene rings is 1. The number of ether oxygens (including phenoxy) is 1. The van der Waals surface area contributed by atoms with Gasteiger partial charge in [0.05, 0.1) is 11.5 Å². The van der Waals surface area contributed by atoms with E-state index in [0.29, 0.717) is 13.2 Å². The largest absolute Gasteiger partial charge is 0.494 e. The Balaban J connectivity index is 2.04. The highest BCUT2D eigenvalue weighted by molar-refractivity contribution is 7.14. The van der Waals surface area contributed by atoms with Crippen molar-refractivity contribution in [1.82, 2.24) is 4.90 Å². The highest BCUT2D eigenvalue weighted by Gasteiger charge is 2.16. The van der Waals surface area contributed by atoms with Gasteiger partial charge in [0.2, 0.25) is 0 Å². The third-order valence-electron chi connectivity index (χ3n) is 3.55. The summed E-state index contributed by atoms with van der Waals surface area (Å²) in [5.74, 6) is 0.948. The quantitative estimate of drug-likeness (QED) is 0.795. The lowest BCUT2D eigenvalue weighted by molar-refractivity contribution is 0.0790. The number of rotatable bonds is 6. The fraction of sp³-hybridized carbons (Fsp3) is 0.389. The third kappa shape index (κ3) is 3.89. The van der Waals surface area contributed by atoms with Gasteiger partial charge in [-0.15, -0.1) is 11.3 Å². The van der Waals surface area contributed by atoms with Crippen LogP contribution in [-0.4, -0.2) is 24.5 Å². The first-order valence-corrected chi connectivity index (χ1v) is 8.43. The molecule has 0 atom stereocenters. The van der Waals surface area contributed by atoms with Gasteiger partial charge in [0.1, 0.15) is 5.75 Å². The van der Waals surface area contributed by atoms with E-state index in [1.165, 1.54) is 10.4 Å². The number of aryl methyl sites for hydroxylation is 2. The van der Waals surface area contributed by atoms with Crippen molar-refractivity contribution >= 4 is 17.2 Å². The second-order valence-corrected chi connectivity index (χ2v) is 6.45. The Morgan fingerprint density at radius 2 is 1.91 bits per heavy atom. The molecule has 0 fully saturated rings. The molecule has 22 heavy (non-hydrogen) atoms. The van der Waals surface area contributed by atoms with Gasteiger partial charge in [0.25, 0.3) is 5.91 Å². The summed E-state index contributed by atoms with van der Waals surface area (Å²) < 4.78 is 5.43. The molecule has 0 aliphatic rings. The Labute approximate surface area is 136 Å². The standard InChI is InChI=1S/C18H23NO2S/c1-5-16-13(3)11-17(22-16)18(20)19(4)12-14-7-9-15(10-8-14)21-6-2/h7-11H,5-6,12H2,1-4H3. The van der Waals surface area contributed by atoms with Crippen molar-refractivity contribution in [3.05, 3.63) is 51.2 Å². The topological polar surface area (TPSA) is 29.5 Å². The predicted molar refractivity (Wildman–Crippen MR) is 91.8 cm³/mol. The number of benzene rings is 1. The minimum absolute atomic E-state index is 0.0849. The first-order chi connectivity index (χ1) is 10.5. The summed E-state index contributed by atoms with van der Waals surface area (Å²) in [4.78, 5) is 16.4. The molecule has 0 saturated heterocycles. The molecule has 2 rings (SSSR count). The molecule has 0 aliphatic heterocycles. The Morgan fingerprint density at radius 1 is 1.23 bits per heavy atom. The van der Waals surface area contributed by atoms with Crippen LogP contribution in [0.1, 0.15) is 39.5 Å². The maximum atomic E-state index is 12.5. The zero-order valence-electron chi connectivity index (χ0n) is 13.7. The summed E-state index contributed by atoms with van der Waals surface area (Å²) in [6.07, 6.45) is 0.979. The fourth-order valence-corrected chi connectivity index (χ4v) is 3.48. The van der Waals surface area contributed by atoms with Gasteiger partial charge in [-0.2, -0.15) is 0 Å². The van der Waals surface area contributed by atoms with Crippen molar-refractivity contribution in [3.63, 3.8) is 0 Å². The molecular weight excluding hydrogens is 294 g/mol. The third-order valence-corrected chi connectivity index (χ3v) is 4.92. The average Bonchev–Trinajstić information content (AvgIpc) is 2.89. The molecule has 0 saturated carbocycles. The van der Waals surface area contributed by atoms with Crippen LogP contribution in [0.3, 0.4) is 0 Å². The van der Waals surface area contributed by atoms with Gasteiger partial charge in [-0.3, -0.25) is 4.79 Å². The predicted octanol–water partition coefficient (Wildman–Crippen LogP) is 4.29. The van der Waals surface area contributed by atoms with Crippen LogP contribution in [-0.2, 0) is 13.0 Å².